The van der Waals surface area contributed by atoms with Crippen LogP contribution >= 0.6 is 11.6 Å². The number of nitrogens with one attached hydrogen (secondary N) is 2. The number of fused-ring (bicyclic) bond motifs is 1. The van der Waals surface area contributed by atoms with Crippen LogP contribution < -0.4 is 15.4 Å². The van der Waals surface area contributed by atoms with E-state index in [9.17, 15) is 9.59 Å². The predicted octanol–water partition coefficient (Wildman–Crippen LogP) is 2.94. The van der Waals surface area contributed by atoms with Crippen LogP contribution in [0, 0.1) is 0 Å². The third-order valence-electron chi connectivity index (χ3n) is 4.96. The number of hydrogen-bond donors (Lipinski definition) is 2. The van der Waals surface area contributed by atoms with Gasteiger partial charge in [-0.3, -0.25) is 4.79 Å². The number of morpholine rings is 1. The molecule has 2 aliphatic heterocycles. The molecule has 2 aromatic carbocycles. The van der Waals surface area contributed by atoms with Crippen molar-refractivity contribution in [1.29, 1.82) is 0 Å². The van der Waals surface area contributed by atoms with Crippen molar-refractivity contribution in [3.8, 4) is 5.75 Å². The van der Waals surface area contributed by atoms with Gasteiger partial charge in [-0.2, -0.15) is 0 Å². The fourth-order valence-electron chi connectivity index (χ4n) is 3.45. The first-order valence-electron chi connectivity index (χ1n) is 9.56. The summed E-state index contributed by atoms with van der Waals surface area (Å²) in [6.45, 7) is 2.54. The topological polar surface area (TPSA) is 79.9 Å². The molecule has 2 aliphatic rings. The summed E-state index contributed by atoms with van der Waals surface area (Å²) in [5, 5.41) is 5.85. The monoisotopic (exact) mass is 415 g/mol. The van der Waals surface area contributed by atoms with Crippen LogP contribution in [-0.2, 0) is 11.2 Å². The number of nitrogens with zero attached hydrogens (tertiary/aromatic N) is 1. The molecule has 0 aromatic heterocycles. The van der Waals surface area contributed by atoms with E-state index < -0.39 is 0 Å². The summed E-state index contributed by atoms with van der Waals surface area (Å²) in [5.74, 6) is 0.735. The van der Waals surface area contributed by atoms with Crippen molar-refractivity contribution in [3.63, 3.8) is 0 Å². The molecule has 152 valence electrons. The number of anilines is 1. The lowest BCUT2D eigenvalue weighted by atomic mass is 10.1. The first-order chi connectivity index (χ1) is 14.1. The van der Waals surface area contributed by atoms with Gasteiger partial charge in [0.05, 0.1) is 30.3 Å². The molecule has 1 atom stereocenters. The van der Waals surface area contributed by atoms with Crippen LogP contribution in [0.15, 0.2) is 42.5 Å². The highest BCUT2D eigenvalue weighted by Gasteiger charge is 2.23. The van der Waals surface area contributed by atoms with E-state index in [0.717, 1.165) is 17.7 Å². The number of ether oxygens (including phenoxy) is 2. The fraction of sp³-hybridized carbons (Fsp3) is 0.333. The van der Waals surface area contributed by atoms with Crippen molar-refractivity contribution >= 4 is 29.2 Å². The molecule has 2 heterocycles. The molecule has 8 heteroatoms. The van der Waals surface area contributed by atoms with Gasteiger partial charge in [-0.1, -0.05) is 29.8 Å². The summed E-state index contributed by atoms with van der Waals surface area (Å²) >= 11 is 6.29. The Hall–Kier alpha value is -2.77. The normalized spacial score (nSPS) is 18.0. The van der Waals surface area contributed by atoms with E-state index in [2.05, 4.69) is 10.6 Å². The van der Waals surface area contributed by atoms with Crippen molar-refractivity contribution in [2.75, 3.05) is 38.2 Å². The van der Waals surface area contributed by atoms with Crippen molar-refractivity contribution in [1.82, 2.24) is 10.2 Å². The second-order valence-corrected chi connectivity index (χ2v) is 7.39. The summed E-state index contributed by atoms with van der Waals surface area (Å²) in [7, 11) is 0. The second kappa shape index (κ2) is 8.71. The minimum Gasteiger partial charge on any atom is -0.488 e. The van der Waals surface area contributed by atoms with Crippen LogP contribution in [0.3, 0.4) is 0 Å². The highest BCUT2D eigenvalue weighted by atomic mass is 35.5. The van der Waals surface area contributed by atoms with Crippen LogP contribution in [0.2, 0.25) is 5.02 Å². The minimum atomic E-state index is -0.354. The summed E-state index contributed by atoms with van der Waals surface area (Å²) in [5.41, 5.74) is 2.07. The molecule has 2 aromatic rings. The van der Waals surface area contributed by atoms with Gasteiger partial charge < -0.3 is 25.0 Å². The first kappa shape index (κ1) is 19.5. The van der Waals surface area contributed by atoms with Crippen molar-refractivity contribution < 1.29 is 19.1 Å². The Kier molecular flexibility index (Phi) is 5.87. The Bertz CT molecular complexity index is 890. The number of carbonyl (C=O) groups excluding carboxylic acids is 2. The predicted molar refractivity (Wildman–Crippen MR) is 110 cm³/mol. The van der Waals surface area contributed by atoms with Crippen LogP contribution in [0.25, 0.3) is 0 Å². The average molecular weight is 416 g/mol. The Balaban J connectivity index is 1.29. The summed E-state index contributed by atoms with van der Waals surface area (Å²) < 4.78 is 11.1. The van der Waals surface area contributed by atoms with Gasteiger partial charge in [0.2, 0.25) is 0 Å². The largest absolute Gasteiger partial charge is 0.488 e. The maximum absolute atomic E-state index is 12.6. The number of benzene rings is 2. The van der Waals surface area contributed by atoms with E-state index >= 15 is 0 Å². The van der Waals surface area contributed by atoms with E-state index in [1.165, 1.54) is 0 Å². The fourth-order valence-corrected chi connectivity index (χ4v) is 3.71. The molecule has 0 bridgehead atoms. The van der Waals surface area contributed by atoms with Gasteiger partial charge in [0.15, 0.2) is 0 Å². The van der Waals surface area contributed by atoms with Crippen LogP contribution in [-0.4, -0.2) is 55.8 Å². The molecule has 1 fully saturated rings. The summed E-state index contributed by atoms with van der Waals surface area (Å²) in [6.07, 6.45) is 0.677. The molecule has 7 nitrogen and oxygen atoms in total. The van der Waals surface area contributed by atoms with Crippen molar-refractivity contribution in [3.05, 3.63) is 58.6 Å². The zero-order chi connectivity index (χ0) is 20.2. The zero-order valence-corrected chi connectivity index (χ0v) is 16.6. The lowest BCUT2D eigenvalue weighted by Crippen LogP contribution is -2.40. The molecular formula is C21H22ClN3O4. The standard InChI is InChI=1S/C21H22ClN3O4/c22-18-12-15(5-6-17(18)20(26)25-7-9-28-10-8-25)24-21(27)23-13-16-11-14-3-1-2-4-19(14)29-16/h1-6,12,16H,7-11,13H2,(H2,23,24,27)/t16-/m1/s1. The van der Waals surface area contributed by atoms with Gasteiger partial charge in [-0.15, -0.1) is 0 Å². The van der Waals surface area contributed by atoms with Gasteiger partial charge in [0.25, 0.3) is 5.91 Å². The minimum absolute atomic E-state index is 0.0877. The van der Waals surface area contributed by atoms with Crippen molar-refractivity contribution in [2.45, 2.75) is 12.5 Å². The maximum atomic E-state index is 12.6. The summed E-state index contributed by atoms with van der Waals surface area (Å²) in [6, 6.07) is 12.4. The highest BCUT2D eigenvalue weighted by molar-refractivity contribution is 6.34. The number of rotatable bonds is 4. The molecule has 0 spiro atoms. The van der Waals surface area contributed by atoms with E-state index in [-0.39, 0.29) is 18.0 Å². The molecule has 0 radical (unpaired) electrons. The third-order valence-corrected chi connectivity index (χ3v) is 5.27. The Morgan fingerprint density at radius 2 is 1.93 bits per heavy atom. The Morgan fingerprint density at radius 3 is 2.69 bits per heavy atom. The molecule has 3 amide bonds. The van der Waals surface area contributed by atoms with Gasteiger partial charge in [0.1, 0.15) is 11.9 Å². The van der Waals surface area contributed by atoms with Crippen molar-refractivity contribution in [2.24, 2.45) is 0 Å². The second-order valence-electron chi connectivity index (χ2n) is 6.99. The Labute approximate surface area is 173 Å². The first-order valence-corrected chi connectivity index (χ1v) is 9.94. The lowest BCUT2D eigenvalue weighted by Gasteiger charge is -2.27. The lowest BCUT2D eigenvalue weighted by molar-refractivity contribution is 0.0303. The van der Waals surface area contributed by atoms with E-state index in [1.54, 1.807) is 23.1 Å². The molecular weight excluding hydrogens is 394 g/mol. The van der Waals surface area contributed by atoms with Gasteiger partial charge >= 0.3 is 6.03 Å². The quantitative estimate of drug-likeness (QED) is 0.804. The zero-order valence-electron chi connectivity index (χ0n) is 15.8. The number of hydrogen-bond acceptors (Lipinski definition) is 4. The van der Waals surface area contributed by atoms with Crippen LogP contribution in [0.1, 0.15) is 15.9 Å². The molecule has 0 saturated carbocycles. The number of carbonyl (C=O) groups is 2. The number of halogens is 1. The SMILES string of the molecule is O=C(NC[C@H]1Cc2ccccc2O1)Nc1ccc(C(=O)N2CCOCC2)c(Cl)c1. The molecule has 29 heavy (non-hydrogen) atoms. The van der Waals surface area contributed by atoms with Crippen LogP contribution in [0.5, 0.6) is 5.75 Å². The smallest absolute Gasteiger partial charge is 0.319 e. The molecule has 0 unspecified atom stereocenters. The molecule has 2 N–H and O–H groups in total. The highest BCUT2D eigenvalue weighted by Crippen LogP contribution is 2.28. The summed E-state index contributed by atoms with van der Waals surface area (Å²) in [4.78, 5) is 26.5. The number of amides is 3. The van der Waals surface area contributed by atoms with E-state index in [4.69, 9.17) is 21.1 Å². The molecule has 4 rings (SSSR count). The van der Waals surface area contributed by atoms with Gasteiger partial charge in [-0.05, 0) is 29.8 Å². The Morgan fingerprint density at radius 1 is 1.14 bits per heavy atom. The average Bonchev–Trinajstić information content (AvgIpc) is 3.16. The molecule has 1 saturated heterocycles. The maximum Gasteiger partial charge on any atom is 0.319 e. The van der Waals surface area contributed by atoms with Gasteiger partial charge in [-0.25, -0.2) is 4.79 Å². The van der Waals surface area contributed by atoms with E-state index in [1.807, 2.05) is 24.3 Å². The van der Waals surface area contributed by atoms with Crippen LogP contribution in [0.4, 0.5) is 10.5 Å². The molecule has 0 aliphatic carbocycles. The van der Waals surface area contributed by atoms with E-state index in [0.29, 0.717) is 49.1 Å². The number of urea groups is 1. The number of para-hydroxylation sites is 1. The third kappa shape index (κ3) is 4.63. The van der Waals surface area contributed by atoms with Gasteiger partial charge in [0, 0.05) is 25.2 Å².